The van der Waals surface area contributed by atoms with Gasteiger partial charge in [-0.1, -0.05) is 40.2 Å². The molecule has 1 atom stereocenters. The number of carbonyl (C=O) groups is 3. The molecule has 29 heavy (non-hydrogen) atoms. The number of Topliss-reactive ketones (excluding diaryl/α,β-unsaturated/α-hetero) is 1. The minimum Gasteiger partial charge on any atom is -0.456 e. The molecule has 1 aliphatic heterocycles. The molecule has 1 amide bonds. The third-order valence-corrected chi connectivity index (χ3v) is 5.36. The SMILES string of the molecule is CC(C)(C)OC(=O)N1CCC[C@H]1C(=O)OCC(=O)c1ccc(Br)c2ccccc12. The van der Waals surface area contributed by atoms with Crippen LogP contribution >= 0.6 is 15.9 Å². The number of ketones is 1. The van der Waals surface area contributed by atoms with Crippen molar-refractivity contribution in [3.05, 3.63) is 46.4 Å². The molecule has 0 unspecified atom stereocenters. The zero-order chi connectivity index (χ0) is 21.2. The lowest BCUT2D eigenvalue weighted by Gasteiger charge is -2.27. The van der Waals surface area contributed by atoms with Crippen LogP contribution in [0.15, 0.2) is 40.9 Å². The van der Waals surface area contributed by atoms with Crippen molar-refractivity contribution in [1.82, 2.24) is 4.90 Å². The molecule has 0 radical (unpaired) electrons. The van der Waals surface area contributed by atoms with Crippen molar-refractivity contribution in [2.45, 2.75) is 45.3 Å². The Morgan fingerprint density at radius 1 is 1.10 bits per heavy atom. The highest BCUT2D eigenvalue weighted by molar-refractivity contribution is 9.10. The maximum Gasteiger partial charge on any atom is 0.411 e. The van der Waals surface area contributed by atoms with Crippen LogP contribution in [0.1, 0.15) is 44.0 Å². The Hall–Kier alpha value is -2.41. The zero-order valence-electron chi connectivity index (χ0n) is 16.7. The molecule has 0 bridgehead atoms. The van der Waals surface area contributed by atoms with Gasteiger partial charge >= 0.3 is 12.1 Å². The number of hydrogen-bond donors (Lipinski definition) is 0. The van der Waals surface area contributed by atoms with E-state index in [2.05, 4.69) is 15.9 Å². The minimum absolute atomic E-state index is 0.288. The third-order valence-electron chi connectivity index (χ3n) is 4.67. The van der Waals surface area contributed by atoms with Crippen molar-refractivity contribution in [1.29, 1.82) is 0 Å². The lowest BCUT2D eigenvalue weighted by atomic mass is 10.0. The molecule has 0 saturated carbocycles. The normalized spacial score (nSPS) is 16.7. The van der Waals surface area contributed by atoms with Gasteiger partial charge in [0.25, 0.3) is 0 Å². The summed E-state index contributed by atoms with van der Waals surface area (Å²) in [7, 11) is 0. The fraction of sp³-hybridized carbons (Fsp3) is 0.409. The van der Waals surface area contributed by atoms with Crippen molar-refractivity contribution < 1.29 is 23.9 Å². The topological polar surface area (TPSA) is 72.9 Å². The number of halogens is 1. The standard InChI is InChI=1S/C22H24BrNO5/c1-22(2,3)29-21(27)24-12-6-9-18(24)20(26)28-13-19(25)16-10-11-17(23)15-8-5-4-7-14(15)16/h4-5,7-8,10-11,18H,6,9,12-13H2,1-3H3/t18-/m0/s1. The molecule has 154 valence electrons. The van der Waals surface area contributed by atoms with Crippen LogP contribution in [0.25, 0.3) is 10.8 Å². The third kappa shape index (κ3) is 4.96. The van der Waals surface area contributed by atoms with E-state index in [4.69, 9.17) is 9.47 Å². The molecule has 3 rings (SSSR count). The Balaban J connectivity index is 1.67. The first-order valence-electron chi connectivity index (χ1n) is 9.54. The van der Waals surface area contributed by atoms with Crippen LogP contribution in [0.4, 0.5) is 4.79 Å². The van der Waals surface area contributed by atoms with Gasteiger partial charge in [0.2, 0.25) is 5.78 Å². The van der Waals surface area contributed by atoms with E-state index in [0.717, 1.165) is 15.2 Å². The van der Waals surface area contributed by atoms with E-state index in [0.29, 0.717) is 24.9 Å². The highest BCUT2D eigenvalue weighted by Gasteiger charge is 2.37. The van der Waals surface area contributed by atoms with E-state index in [-0.39, 0.29) is 12.4 Å². The second kappa shape index (κ2) is 8.53. The molecular weight excluding hydrogens is 438 g/mol. The number of esters is 1. The maximum absolute atomic E-state index is 12.7. The van der Waals surface area contributed by atoms with Crippen LogP contribution in [0.3, 0.4) is 0 Å². The van der Waals surface area contributed by atoms with Gasteiger partial charge < -0.3 is 9.47 Å². The number of carbonyl (C=O) groups excluding carboxylic acids is 3. The molecule has 1 saturated heterocycles. The Labute approximate surface area is 178 Å². The zero-order valence-corrected chi connectivity index (χ0v) is 18.3. The van der Waals surface area contributed by atoms with Gasteiger partial charge in [-0.05, 0) is 56.5 Å². The second-order valence-electron chi connectivity index (χ2n) is 8.00. The molecule has 6 nitrogen and oxygen atoms in total. The van der Waals surface area contributed by atoms with Gasteiger partial charge in [0.05, 0.1) is 0 Å². The second-order valence-corrected chi connectivity index (χ2v) is 8.86. The summed E-state index contributed by atoms with van der Waals surface area (Å²) in [5.41, 5.74) is -0.153. The van der Waals surface area contributed by atoms with Crippen LogP contribution in [0, 0.1) is 0 Å². The molecule has 1 aliphatic rings. The molecule has 2 aromatic rings. The van der Waals surface area contributed by atoms with Crippen molar-refractivity contribution >= 4 is 44.5 Å². The fourth-order valence-electron chi connectivity index (χ4n) is 3.37. The van der Waals surface area contributed by atoms with E-state index in [9.17, 15) is 14.4 Å². The quantitative estimate of drug-likeness (QED) is 0.486. The number of amides is 1. The lowest BCUT2D eigenvalue weighted by Crippen LogP contribution is -2.44. The van der Waals surface area contributed by atoms with Crippen molar-refractivity contribution in [3.8, 4) is 0 Å². The van der Waals surface area contributed by atoms with Crippen LogP contribution in [0.5, 0.6) is 0 Å². The minimum atomic E-state index is -0.723. The highest BCUT2D eigenvalue weighted by Crippen LogP contribution is 2.27. The summed E-state index contributed by atoms with van der Waals surface area (Å²) in [4.78, 5) is 39.0. The predicted molar refractivity (Wildman–Crippen MR) is 113 cm³/mol. The highest BCUT2D eigenvalue weighted by atomic mass is 79.9. The van der Waals surface area contributed by atoms with E-state index >= 15 is 0 Å². The van der Waals surface area contributed by atoms with Gasteiger partial charge in [-0.3, -0.25) is 9.69 Å². The summed E-state index contributed by atoms with van der Waals surface area (Å²) in [5, 5.41) is 1.70. The molecule has 0 spiro atoms. The van der Waals surface area contributed by atoms with Gasteiger partial charge in [-0.25, -0.2) is 9.59 Å². The molecule has 0 aliphatic carbocycles. The van der Waals surface area contributed by atoms with Crippen molar-refractivity contribution in [3.63, 3.8) is 0 Å². The van der Waals surface area contributed by atoms with Gasteiger partial charge in [0, 0.05) is 16.6 Å². The number of nitrogens with zero attached hydrogens (tertiary/aromatic N) is 1. The summed E-state index contributed by atoms with van der Waals surface area (Å²) in [6.07, 6.45) is 0.639. The molecular formula is C22H24BrNO5. The van der Waals surface area contributed by atoms with Crippen LogP contribution < -0.4 is 0 Å². The fourth-order valence-corrected chi connectivity index (χ4v) is 3.84. The molecule has 7 heteroatoms. The number of rotatable bonds is 4. The van der Waals surface area contributed by atoms with Gasteiger partial charge in [0.1, 0.15) is 11.6 Å². The van der Waals surface area contributed by atoms with Crippen LogP contribution in [0.2, 0.25) is 0 Å². The predicted octanol–water partition coefficient (Wildman–Crippen LogP) is 4.73. The number of benzene rings is 2. The van der Waals surface area contributed by atoms with E-state index in [1.165, 1.54) is 4.90 Å². The first-order chi connectivity index (χ1) is 13.7. The van der Waals surface area contributed by atoms with Gasteiger partial charge in [-0.15, -0.1) is 0 Å². The monoisotopic (exact) mass is 461 g/mol. The molecule has 1 fully saturated rings. The van der Waals surface area contributed by atoms with E-state index in [1.807, 2.05) is 24.3 Å². The lowest BCUT2D eigenvalue weighted by molar-refractivity contribution is -0.147. The van der Waals surface area contributed by atoms with E-state index < -0.39 is 23.7 Å². The van der Waals surface area contributed by atoms with Crippen molar-refractivity contribution in [2.24, 2.45) is 0 Å². The summed E-state index contributed by atoms with van der Waals surface area (Å²) < 4.78 is 11.5. The largest absolute Gasteiger partial charge is 0.456 e. The number of likely N-dealkylation sites (tertiary alicyclic amines) is 1. The number of fused-ring (bicyclic) bond motifs is 1. The summed E-state index contributed by atoms with van der Waals surface area (Å²) in [6, 6.07) is 10.3. The van der Waals surface area contributed by atoms with E-state index in [1.54, 1.807) is 32.9 Å². The molecule has 0 N–H and O–H groups in total. The summed E-state index contributed by atoms with van der Waals surface area (Å²) in [5.74, 6) is -0.869. The number of ether oxygens (including phenoxy) is 2. The molecule has 0 aromatic heterocycles. The Morgan fingerprint density at radius 3 is 2.48 bits per heavy atom. The Morgan fingerprint density at radius 2 is 1.79 bits per heavy atom. The Kier molecular flexibility index (Phi) is 6.27. The molecule has 1 heterocycles. The first-order valence-corrected chi connectivity index (χ1v) is 10.3. The number of hydrogen-bond acceptors (Lipinski definition) is 5. The Bertz CT molecular complexity index is 950. The maximum atomic E-state index is 12.7. The van der Waals surface area contributed by atoms with Gasteiger partial charge in [0.15, 0.2) is 6.61 Å². The smallest absolute Gasteiger partial charge is 0.411 e. The molecule has 2 aromatic carbocycles. The van der Waals surface area contributed by atoms with Crippen LogP contribution in [-0.2, 0) is 14.3 Å². The summed E-state index contributed by atoms with van der Waals surface area (Å²) >= 11 is 3.48. The first kappa shape index (κ1) is 21.3. The van der Waals surface area contributed by atoms with Crippen LogP contribution in [-0.4, -0.2) is 47.5 Å². The summed E-state index contributed by atoms with van der Waals surface area (Å²) in [6.45, 7) is 5.38. The average molecular weight is 462 g/mol. The van der Waals surface area contributed by atoms with Gasteiger partial charge in [-0.2, -0.15) is 0 Å². The average Bonchev–Trinajstić information content (AvgIpc) is 3.15. The van der Waals surface area contributed by atoms with Crippen molar-refractivity contribution in [2.75, 3.05) is 13.2 Å².